The van der Waals surface area contributed by atoms with Gasteiger partial charge in [-0.2, -0.15) is 0 Å². The van der Waals surface area contributed by atoms with Gasteiger partial charge in [0.25, 0.3) is 0 Å². The number of hydrogen-bond donors (Lipinski definition) is 0. The van der Waals surface area contributed by atoms with Crippen molar-refractivity contribution in [3.05, 3.63) is 65.3 Å². The molecule has 0 N–H and O–H groups in total. The summed E-state index contributed by atoms with van der Waals surface area (Å²) < 4.78 is 18.9. The average Bonchev–Trinajstić information content (AvgIpc) is 3.37. The lowest BCUT2D eigenvalue weighted by atomic mass is 9.92. The van der Waals surface area contributed by atoms with E-state index in [1.165, 1.54) is 11.1 Å². The summed E-state index contributed by atoms with van der Waals surface area (Å²) in [6.07, 6.45) is 5.48. The standard InChI is InChI=1S/C27H31N3O3/c1-17-27(18(2)33-29-17)20-8-13-25-24(16-20)28-26(15-19-6-5-7-23(14-19)32-4)30(25)21-9-11-22(31-3)12-10-21/h5-8,13-14,16,21-22H,9-12,15H2,1-4H3. The highest BCUT2D eigenvalue weighted by molar-refractivity contribution is 5.83. The smallest absolute Gasteiger partial charge is 0.141 e. The number of aromatic nitrogens is 3. The molecule has 5 rings (SSSR count). The van der Waals surface area contributed by atoms with Gasteiger partial charge in [0, 0.05) is 25.1 Å². The molecule has 1 aliphatic rings. The van der Waals surface area contributed by atoms with Gasteiger partial charge >= 0.3 is 0 Å². The molecule has 2 aromatic heterocycles. The fourth-order valence-electron chi connectivity index (χ4n) is 5.24. The molecule has 2 aromatic carbocycles. The van der Waals surface area contributed by atoms with Crippen molar-refractivity contribution in [3.8, 4) is 16.9 Å². The lowest BCUT2D eigenvalue weighted by Crippen LogP contribution is -2.23. The lowest BCUT2D eigenvalue weighted by molar-refractivity contribution is 0.0586. The molecule has 0 atom stereocenters. The summed E-state index contributed by atoms with van der Waals surface area (Å²) in [7, 11) is 3.53. The van der Waals surface area contributed by atoms with E-state index in [0.29, 0.717) is 12.1 Å². The minimum atomic E-state index is 0.365. The van der Waals surface area contributed by atoms with Crippen LogP contribution in [-0.2, 0) is 11.2 Å². The first-order valence-corrected chi connectivity index (χ1v) is 11.7. The first-order chi connectivity index (χ1) is 16.1. The molecule has 1 aliphatic carbocycles. The van der Waals surface area contributed by atoms with Gasteiger partial charge in [0.05, 0.1) is 29.9 Å². The van der Waals surface area contributed by atoms with Crippen LogP contribution in [0.3, 0.4) is 0 Å². The van der Waals surface area contributed by atoms with E-state index in [9.17, 15) is 0 Å². The highest BCUT2D eigenvalue weighted by Gasteiger charge is 2.26. The van der Waals surface area contributed by atoms with Crippen molar-refractivity contribution in [2.45, 2.75) is 58.1 Å². The third kappa shape index (κ3) is 4.15. The lowest BCUT2D eigenvalue weighted by Gasteiger charge is -2.30. The van der Waals surface area contributed by atoms with Crippen molar-refractivity contribution in [2.75, 3.05) is 14.2 Å². The van der Waals surface area contributed by atoms with Crippen LogP contribution >= 0.6 is 0 Å². The molecule has 0 amide bonds. The van der Waals surface area contributed by atoms with E-state index < -0.39 is 0 Å². The Morgan fingerprint density at radius 3 is 2.55 bits per heavy atom. The van der Waals surface area contributed by atoms with Gasteiger partial charge in [-0.1, -0.05) is 23.4 Å². The Hall–Kier alpha value is -3.12. The molecule has 1 saturated carbocycles. The van der Waals surface area contributed by atoms with E-state index in [0.717, 1.165) is 71.8 Å². The molecule has 0 bridgehead atoms. The third-order valence-corrected chi connectivity index (χ3v) is 6.92. The van der Waals surface area contributed by atoms with Crippen LogP contribution in [0.1, 0.15) is 54.6 Å². The molecule has 172 valence electrons. The summed E-state index contributed by atoms with van der Waals surface area (Å²) >= 11 is 0. The van der Waals surface area contributed by atoms with E-state index >= 15 is 0 Å². The van der Waals surface area contributed by atoms with E-state index in [-0.39, 0.29) is 0 Å². The van der Waals surface area contributed by atoms with Crippen LogP contribution in [0.15, 0.2) is 47.0 Å². The number of rotatable bonds is 6. The summed E-state index contributed by atoms with van der Waals surface area (Å²) in [5, 5.41) is 4.13. The monoisotopic (exact) mass is 445 g/mol. The van der Waals surface area contributed by atoms with Crippen LogP contribution in [0.2, 0.25) is 0 Å². The fraction of sp³-hybridized carbons (Fsp3) is 0.407. The second-order valence-corrected chi connectivity index (χ2v) is 9.00. The molecule has 6 nitrogen and oxygen atoms in total. The van der Waals surface area contributed by atoms with Crippen LogP contribution in [-0.4, -0.2) is 35.0 Å². The number of aryl methyl sites for hydroxylation is 2. The van der Waals surface area contributed by atoms with E-state index in [2.05, 4.69) is 40.1 Å². The first kappa shape index (κ1) is 21.7. The summed E-state index contributed by atoms with van der Waals surface area (Å²) in [5.74, 6) is 2.80. The van der Waals surface area contributed by atoms with Gasteiger partial charge in [0.15, 0.2) is 0 Å². The van der Waals surface area contributed by atoms with Crippen molar-refractivity contribution in [1.82, 2.24) is 14.7 Å². The van der Waals surface area contributed by atoms with Crippen molar-refractivity contribution in [1.29, 1.82) is 0 Å². The molecule has 33 heavy (non-hydrogen) atoms. The summed E-state index contributed by atoms with van der Waals surface area (Å²) in [5.41, 5.74) is 6.45. The van der Waals surface area contributed by atoms with Crippen LogP contribution in [0.4, 0.5) is 0 Å². The van der Waals surface area contributed by atoms with E-state index in [1.54, 1.807) is 7.11 Å². The predicted molar refractivity (Wildman–Crippen MR) is 129 cm³/mol. The Bertz CT molecular complexity index is 1250. The molecule has 1 fully saturated rings. The molecule has 2 heterocycles. The molecular weight excluding hydrogens is 414 g/mol. The maximum atomic E-state index is 5.62. The van der Waals surface area contributed by atoms with Crippen molar-refractivity contribution >= 4 is 11.0 Å². The van der Waals surface area contributed by atoms with Crippen LogP contribution in [0.25, 0.3) is 22.2 Å². The molecule has 0 spiro atoms. The van der Waals surface area contributed by atoms with Gasteiger partial charge in [-0.25, -0.2) is 4.98 Å². The zero-order chi connectivity index (χ0) is 22.9. The van der Waals surface area contributed by atoms with E-state index in [4.69, 9.17) is 19.0 Å². The summed E-state index contributed by atoms with van der Waals surface area (Å²) in [6, 6.07) is 15.2. The second kappa shape index (κ2) is 9.02. The number of ether oxygens (including phenoxy) is 2. The molecule has 0 unspecified atom stereocenters. The van der Waals surface area contributed by atoms with Gasteiger partial charge in [0.2, 0.25) is 0 Å². The zero-order valence-electron chi connectivity index (χ0n) is 19.8. The SMILES string of the molecule is COc1cccc(Cc2nc3cc(-c4c(C)noc4C)ccc3n2C2CCC(OC)CC2)c1. The molecule has 6 heteroatoms. The van der Waals surface area contributed by atoms with Gasteiger partial charge in [-0.3, -0.25) is 0 Å². The highest BCUT2D eigenvalue weighted by Crippen LogP contribution is 2.36. The van der Waals surface area contributed by atoms with Gasteiger partial charge in [-0.15, -0.1) is 0 Å². The van der Waals surface area contributed by atoms with Crippen molar-refractivity contribution in [3.63, 3.8) is 0 Å². The average molecular weight is 446 g/mol. The van der Waals surface area contributed by atoms with E-state index in [1.807, 2.05) is 33.1 Å². The van der Waals surface area contributed by atoms with Crippen molar-refractivity contribution < 1.29 is 14.0 Å². The topological polar surface area (TPSA) is 62.3 Å². The van der Waals surface area contributed by atoms with Crippen LogP contribution in [0, 0.1) is 13.8 Å². The molecule has 0 aliphatic heterocycles. The number of nitrogens with zero attached hydrogens (tertiary/aromatic N) is 3. The summed E-state index contributed by atoms with van der Waals surface area (Å²) in [6.45, 7) is 3.94. The first-order valence-electron chi connectivity index (χ1n) is 11.7. The Kier molecular flexibility index (Phi) is 5.94. The van der Waals surface area contributed by atoms with Gasteiger partial charge in [-0.05, 0) is 74.9 Å². The Morgan fingerprint density at radius 2 is 1.85 bits per heavy atom. The van der Waals surface area contributed by atoms with Crippen molar-refractivity contribution in [2.24, 2.45) is 0 Å². The minimum absolute atomic E-state index is 0.365. The number of hydrogen-bond acceptors (Lipinski definition) is 5. The maximum absolute atomic E-state index is 5.62. The Balaban J connectivity index is 1.58. The van der Waals surface area contributed by atoms with Gasteiger partial charge < -0.3 is 18.6 Å². The number of methoxy groups -OCH3 is 2. The zero-order valence-corrected chi connectivity index (χ0v) is 19.8. The largest absolute Gasteiger partial charge is 0.497 e. The second-order valence-electron chi connectivity index (χ2n) is 9.00. The Morgan fingerprint density at radius 1 is 1.03 bits per heavy atom. The highest BCUT2D eigenvalue weighted by atomic mass is 16.5. The molecule has 4 aromatic rings. The number of imidazole rings is 1. The summed E-state index contributed by atoms with van der Waals surface area (Å²) in [4.78, 5) is 5.15. The molecule has 0 saturated heterocycles. The van der Waals surface area contributed by atoms with Gasteiger partial charge in [0.1, 0.15) is 17.3 Å². The number of benzene rings is 2. The normalized spacial score (nSPS) is 18.7. The fourth-order valence-corrected chi connectivity index (χ4v) is 5.24. The maximum Gasteiger partial charge on any atom is 0.141 e. The van der Waals surface area contributed by atoms with Crippen LogP contribution in [0.5, 0.6) is 5.75 Å². The predicted octanol–water partition coefficient (Wildman–Crippen LogP) is 6.04. The van der Waals surface area contributed by atoms with Crippen LogP contribution < -0.4 is 4.74 Å². The number of fused-ring (bicyclic) bond motifs is 1. The molecular formula is C27H31N3O3. The minimum Gasteiger partial charge on any atom is -0.497 e. The molecule has 0 radical (unpaired) electrons. The third-order valence-electron chi connectivity index (χ3n) is 6.92. The Labute approximate surface area is 194 Å². The quantitative estimate of drug-likeness (QED) is 0.362.